The Balaban J connectivity index is 1.78. The molecule has 1 aromatic heterocycles. The lowest BCUT2D eigenvalue weighted by atomic mass is 10.0. The van der Waals surface area contributed by atoms with Crippen LogP contribution < -0.4 is 11.5 Å². The Morgan fingerprint density at radius 3 is 2.39 bits per heavy atom. The van der Waals surface area contributed by atoms with Gasteiger partial charge in [-0.2, -0.15) is 0 Å². The molecule has 0 aliphatic carbocycles. The molecule has 31 heavy (non-hydrogen) atoms. The molecule has 4 N–H and O–H groups in total. The molecule has 10 heteroatoms. The van der Waals surface area contributed by atoms with E-state index in [0.717, 1.165) is 0 Å². The number of halogens is 1. The maximum atomic E-state index is 14.9. The lowest BCUT2D eigenvalue weighted by Crippen LogP contribution is -2.33. The van der Waals surface area contributed by atoms with E-state index in [1.54, 1.807) is 37.3 Å². The molecule has 0 saturated heterocycles. The molecule has 1 aliphatic heterocycles. The van der Waals surface area contributed by atoms with E-state index in [9.17, 15) is 12.8 Å². The third-order valence-electron chi connectivity index (χ3n) is 4.93. The summed E-state index contributed by atoms with van der Waals surface area (Å²) < 4.78 is 41.7. The molecule has 1 aliphatic rings. The fraction of sp³-hybridized carbons (Fsp3) is 0.143. The number of rotatable bonds is 4. The van der Waals surface area contributed by atoms with Gasteiger partial charge in [-0.3, -0.25) is 0 Å². The van der Waals surface area contributed by atoms with Crippen molar-refractivity contribution in [1.29, 1.82) is 0 Å². The van der Waals surface area contributed by atoms with Crippen LogP contribution in [0.4, 0.5) is 10.3 Å². The zero-order valence-electron chi connectivity index (χ0n) is 16.5. The van der Waals surface area contributed by atoms with E-state index in [-0.39, 0.29) is 22.4 Å². The highest BCUT2D eigenvalue weighted by atomic mass is 32.2. The van der Waals surface area contributed by atoms with Crippen LogP contribution in [0.15, 0.2) is 69.7 Å². The lowest BCUT2D eigenvalue weighted by Gasteiger charge is -2.22. The van der Waals surface area contributed by atoms with Crippen molar-refractivity contribution < 1.29 is 12.8 Å². The fourth-order valence-electron chi connectivity index (χ4n) is 3.38. The van der Waals surface area contributed by atoms with Gasteiger partial charge in [0.2, 0.25) is 21.7 Å². The highest BCUT2D eigenvalue weighted by molar-refractivity contribution is 7.92. The normalized spacial score (nSPS) is 18.6. The summed E-state index contributed by atoms with van der Waals surface area (Å²) >= 11 is 0. The van der Waals surface area contributed by atoms with Crippen molar-refractivity contribution in [2.24, 2.45) is 21.6 Å². The summed E-state index contributed by atoms with van der Waals surface area (Å²) in [5.41, 5.74) is 12.6. The predicted octanol–water partition coefficient (Wildman–Crippen LogP) is 2.67. The highest BCUT2D eigenvalue weighted by Crippen LogP contribution is 2.34. The summed E-state index contributed by atoms with van der Waals surface area (Å²) in [5, 5.41) is -1.11. The van der Waals surface area contributed by atoms with Crippen LogP contribution in [0.2, 0.25) is 0 Å². The number of benzene rings is 2. The first-order valence-electron chi connectivity index (χ1n) is 9.35. The van der Waals surface area contributed by atoms with E-state index in [4.69, 9.17) is 11.5 Å². The van der Waals surface area contributed by atoms with Crippen molar-refractivity contribution in [1.82, 2.24) is 9.97 Å². The van der Waals surface area contributed by atoms with Gasteiger partial charge >= 0.3 is 0 Å². The SMILES string of the molecule is CC1C=NC(N)=NC1S(=O)(=O)c1ccccc1-c1ccc(-c2cnc(N)nc2)c(F)c1. The lowest BCUT2D eigenvalue weighted by molar-refractivity contribution is 0.564. The number of nitrogens with two attached hydrogens (primary N) is 2. The molecule has 158 valence electrons. The minimum Gasteiger partial charge on any atom is -0.368 e. The number of hydrogen-bond donors (Lipinski definition) is 2. The Kier molecular flexibility index (Phi) is 5.24. The molecule has 8 nitrogen and oxygen atoms in total. The van der Waals surface area contributed by atoms with Crippen molar-refractivity contribution >= 4 is 28.0 Å². The van der Waals surface area contributed by atoms with Gasteiger partial charge < -0.3 is 11.5 Å². The van der Waals surface area contributed by atoms with E-state index in [1.165, 1.54) is 30.7 Å². The van der Waals surface area contributed by atoms with Crippen LogP contribution in [0.1, 0.15) is 6.92 Å². The van der Waals surface area contributed by atoms with E-state index >= 15 is 0 Å². The van der Waals surface area contributed by atoms with Crippen LogP contribution in [0.5, 0.6) is 0 Å². The number of aromatic nitrogens is 2. The third kappa shape index (κ3) is 3.89. The van der Waals surface area contributed by atoms with Gasteiger partial charge in [0.1, 0.15) is 5.82 Å². The first-order valence-corrected chi connectivity index (χ1v) is 10.9. The number of hydrogen-bond acceptors (Lipinski definition) is 8. The van der Waals surface area contributed by atoms with Crippen LogP contribution >= 0.6 is 0 Å². The molecular formula is C21H19FN6O2S. The monoisotopic (exact) mass is 438 g/mol. The van der Waals surface area contributed by atoms with Crippen LogP contribution in [0.3, 0.4) is 0 Å². The van der Waals surface area contributed by atoms with E-state index in [0.29, 0.717) is 16.7 Å². The number of nitrogen functional groups attached to an aromatic ring is 1. The predicted molar refractivity (Wildman–Crippen MR) is 118 cm³/mol. The highest BCUT2D eigenvalue weighted by Gasteiger charge is 2.35. The second kappa shape index (κ2) is 7.88. The molecule has 3 aromatic rings. The van der Waals surface area contributed by atoms with E-state index < -0.39 is 26.9 Å². The molecule has 0 fully saturated rings. The number of guanidine groups is 1. The zero-order valence-corrected chi connectivity index (χ0v) is 17.3. The molecular weight excluding hydrogens is 419 g/mol. The molecule has 2 heterocycles. The van der Waals surface area contributed by atoms with Gasteiger partial charge in [-0.1, -0.05) is 37.3 Å². The summed E-state index contributed by atoms with van der Waals surface area (Å²) in [5.74, 6) is -1.01. The van der Waals surface area contributed by atoms with Crippen molar-refractivity contribution in [3.05, 3.63) is 60.7 Å². The van der Waals surface area contributed by atoms with Gasteiger partial charge in [-0.15, -0.1) is 0 Å². The number of anilines is 1. The molecule has 4 rings (SSSR count). The summed E-state index contributed by atoms with van der Waals surface area (Å²) in [7, 11) is -3.92. The smallest absolute Gasteiger partial charge is 0.219 e. The molecule has 0 bridgehead atoms. The van der Waals surface area contributed by atoms with E-state index in [1.807, 2.05) is 0 Å². The van der Waals surface area contributed by atoms with E-state index in [2.05, 4.69) is 20.0 Å². The molecule has 0 saturated carbocycles. The third-order valence-corrected chi connectivity index (χ3v) is 7.07. The summed E-state index contributed by atoms with van der Waals surface area (Å²) in [6.45, 7) is 1.70. The minimum atomic E-state index is -3.92. The van der Waals surface area contributed by atoms with Crippen LogP contribution in [0.25, 0.3) is 22.3 Å². The standard InChI is InChI=1S/C21H19FN6O2S/c1-12-9-25-21(24)28-19(12)31(29,30)18-5-3-2-4-16(18)13-6-7-15(17(22)8-13)14-10-26-20(23)27-11-14/h2-12,19H,1H3,(H2,24,28)(H2,23,26,27). The Labute approximate surface area is 178 Å². The second-order valence-electron chi connectivity index (χ2n) is 7.08. The van der Waals surface area contributed by atoms with Crippen LogP contribution in [0, 0.1) is 11.7 Å². The maximum Gasteiger partial charge on any atom is 0.219 e. The van der Waals surface area contributed by atoms with Crippen molar-refractivity contribution in [2.45, 2.75) is 17.2 Å². The molecule has 2 unspecified atom stereocenters. The van der Waals surface area contributed by atoms with Gasteiger partial charge in [0, 0.05) is 41.2 Å². The quantitative estimate of drug-likeness (QED) is 0.642. The Morgan fingerprint density at radius 1 is 0.968 bits per heavy atom. The van der Waals surface area contributed by atoms with Crippen molar-refractivity contribution in [2.75, 3.05) is 5.73 Å². The fourth-order valence-corrected chi connectivity index (χ4v) is 5.28. The number of sulfone groups is 1. The van der Waals surface area contributed by atoms with Crippen molar-refractivity contribution in [3.63, 3.8) is 0 Å². The van der Waals surface area contributed by atoms with Crippen molar-refractivity contribution in [3.8, 4) is 22.3 Å². The largest absolute Gasteiger partial charge is 0.368 e. The molecule has 2 aromatic carbocycles. The first kappa shape index (κ1) is 20.6. The van der Waals surface area contributed by atoms with Gasteiger partial charge in [0.25, 0.3) is 0 Å². The molecule has 0 spiro atoms. The molecule has 0 amide bonds. The number of aliphatic imine (C=N–C) groups is 2. The minimum absolute atomic E-state index is 0.0432. The summed E-state index contributed by atoms with van der Waals surface area (Å²) in [6.07, 6.45) is 4.32. The Bertz CT molecular complexity index is 1310. The Hall–Kier alpha value is -3.66. The second-order valence-corrected chi connectivity index (χ2v) is 9.09. The van der Waals surface area contributed by atoms with Crippen LogP contribution in [-0.4, -0.2) is 35.9 Å². The van der Waals surface area contributed by atoms with Crippen LogP contribution in [-0.2, 0) is 9.84 Å². The van der Waals surface area contributed by atoms with Gasteiger partial charge in [-0.05, 0) is 17.7 Å². The topological polar surface area (TPSA) is 137 Å². The average Bonchev–Trinajstić information content (AvgIpc) is 2.76. The first-order chi connectivity index (χ1) is 14.8. The molecule has 0 radical (unpaired) electrons. The Morgan fingerprint density at radius 2 is 1.68 bits per heavy atom. The van der Waals surface area contributed by atoms with Gasteiger partial charge in [-0.25, -0.2) is 32.8 Å². The number of nitrogens with zero attached hydrogens (tertiary/aromatic N) is 4. The summed E-state index contributed by atoms with van der Waals surface area (Å²) in [4.78, 5) is 15.7. The maximum absolute atomic E-state index is 14.9. The van der Waals surface area contributed by atoms with Gasteiger partial charge in [0.05, 0.1) is 4.90 Å². The molecule has 2 atom stereocenters. The zero-order chi connectivity index (χ0) is 22.2. The average molecular weight is 438 g/mol. The van der Waals surface area contributed by atoms with Gasteiger partial charge in [0.15, 0.2) is 5.37 Å². The summed E-state index contributed by atoms with van der Waals surface area (Å²) in [6, 6.07) is 10.9.